The van der Waals surface area contributed by atoms with Crippen LogP contribution < -0.4 is 10.6 Å². The molecule has 0 saturated carbocycles. The van der Waals surface area contributed by atoms with Crippen molar-refractivity contribution in [2.45, 2.75) is 45.2 Å². The van der Waals surface area contributed by atoms with Crippen molar-refractivity contribution in [3.8, 4) is 0 Å². The van der Waals surface area contributed by atoms with E-state index in [4.69, 9.17) is 0 Å². The summed E-state index contributed by atoms with van der Waals surface area (Å²) >= 11 is 0. The number of fused-ring (bicyclic) bond motifs is 2. The Balaban J connectivity index is 1.77. The van der Waals surface area contributed by atoms with E-state index in [0.29, 0.717) is 6.04 Å². The molecule has 0 aromatic carbocycles. The van der Waals surface area contributed by atoms with Crippen LogP contribution >= 0.6 is 0 Å². The molecule has 0 aliphatic carbocycles. The highest BCUT2D eigenvalue weighted by molar-refractivity contribution is 5.81. The summed E-state index contributed by atoms with van der Waals surface area (Å²) in [6.07, 6.45) is 3.48. The van der Waals surface area contributed by atoms with Gasteiger partial charge in [0.15, 0.2) is 0 Å². The van der Waals surface area contributed by atoms with Crippen molar-refractivity contribution >= 4 is 5.91 Å². The average Bonchev–Trinajstić information content (AvgIpc) is 2.72. The fourth-order valence-electron chi connectivity index (χ4n) is 2.97. The molecule has 2 rings (SSSR count). The van der Waals surface area contributed by atoms with E-state index in [0.717, 1.165) is 18.9 Å². The molecule has 2 fully saturated rings. The molecule has 98 valence electrons. The molecule has 0 aromatic heterocycles. The Hall–Kier alpha value is -0.610. The van der Waals surface area contributed by atoms with Gasteiger partial charge in [0, 0.05) is 19.1 Å². The van der Waals surface area contributed by atoms with Gasteiger partial charge < -0.3 is 15.5 Å². The first-order valence-corrected chi connectivity index (χ1v) is 6.96. The smallest absolute Gasteiger partial charge is 0.236 e. The first kappa shape index (κ1) is 12.8. The minimum absolute atomic E-state index is 0.0568. The van der Waals surface area contributed by atoms with Gasteiger partial charge in [-0.25, -0.2) is 0 Å². The van der Waals surface area contributed by atoms with Crippen molar-refractivity contribution in [3.05, 3.63) is 0 Å². The Morgan fingerprint density at radius 1 is 1.41 bits per heavy atom. The molecule has 2 heterocycles. The van der Waals surface area contributed by atoms with Gasteiger partial charge in [-0.2, -0.15) is 0 Å². The summed E-state index contributed by atoms with van der Waals surface area (Å²) in [5.74, 6) is 0.900. The molecular weight excluding hydrogens is 214 g/mol. The quantitative estimate of drug-likeness (QED) is 0.738. The predicted octanol–water partition coefficient (Wildman–Crippen LogP) is 0.585. The van der Waals surface area contributed by atoms with Crippen LogP contribution in [0.3, 0.4) is 0 Å². The van der Waals surface area contributed by atoms with E-state index in [1.165, 1.54) is 32.5 Å². The number of rotatable bonds is 5. The van der Waals surface area contributed by atoms with Gasteiger partial charge in [0.1, 0.15) is 0 Å². The molecule has 0 spiro atoms. The summed E-state index contributed by atoms with van der Waals surface area (Å²) in [6, 6.07) is 0.481. The van der Waals surface area contributed by atoms with Crippen LogP contribution in [-0.4, -0.2) is 49.1 Å². The van der Waals surface area contributed by atoms with Crippen LogP contribution in [0.5, 0.6) is 0 Å². The van der Waals surface area contributed by atoms with Crippen molar-refractivity contribution in [1.82, 2.24) is 15.5 Å². The van der Waals surface area contributed by atoms with E-state index < -0.39 is 0 Å². The fraction of sp³-hybridized carbons (Fsp3) is 0.923. The van der Waals surface area contributed by atoms with E-state index in [1.54, 1.807) is 0 Å². The Morgan fingerprint density at radius 2 is 2.18 bits per heavy atom. The molecule has 2 saturated heterocycles. The van der Waals surface area contributed by atoms with Crippen LogP contribution in [0.25, 0.3) is 0 Å². The summed E-state index contributed by atoms with van der Waals surface area (Å²) < 4.78 is 0. The lowest BCUT2D eigenvalue weighted by molar-refractivity contribution is -0.123. The van der Waals surface area contributed by atoms with Gasteiger partial charge in [-0.05, 0) is 45.2 Å². The Kier molecular flexibility index (Phi) is 4.40. The summed E-state index contributed by atoms with van der Waals surface area (Å²) in [5, 5.41) is 6.47. The van der Waals surface area contributed by atoms with Gasteiger partial charge in [0.05, 0.1) is 6.04 Å². The van der Waals surface area contributed by atoms with Crippen LogP contribution in [0, 0.1) is 5.92 Å². The molecule has 1 amide bonds. The highest BCUT2D eigenvalue weighted by Gasteiger charge is 2.35. The van der Waals surface area contributed by atoms with Gasteiger partial charge in [-0.1, -0.05) is 6.92 Å². The van der Waals surface area contributed by atoms with E-state index >= 15 is 0 Å². The normalized spacial score (nSPS) is 33.4. The standard InChI is InChI=1S/C13H25N3O/c1-3-6-14-13(17)10(2)15-12-5-8-16-7-4-11(12)9-16/h10-12,15H,3-9H2,1-2H3,(H,14,17). The number of carbonyl (C=O) groups excluding carboxylic acids is 1. The van der Waals surface area contributed by atoms with Crippen LogP contribution in [0.1, 0.15) is 33.1 Å². The van der Waals surface area contributed by atoms with E-state index in [2.05, 4.69) is 22.5 Å². The Morgan fingerprint density at radius 3 is 2.94 bits per heavy atom. The van der Waals surface area contributed by atoms with Crippen LogP contribution in [0.15, 0.2) is 0 Å². The average molecular weight is 239 g/mol. The molecule has 0 aromatic rings. The molecule has 2 aliphatic rings. The molecule has 4 atom stereocenters. The molecule has 4 heteroatoms. The summed E-state index contributed by atoms with van der Waals surface area (Å²) in [6.45, 7) is 8.50. The number of hydrogen-bond acceptors (Lipinski definition) is 3. The predicted molar refractivity (Wildman–Crippen MR) is 68.9 cm³/mol. The van der Waals surface area contributed by atoms with E-state index in [1.807, 2.05) is 6.92 Å². The SMILES string of the molecule is CCCNC(=O)C(C)NC1CCN2CCC1C2. The highest BCUT2D eigenvalue weighted by Crippen LogP contribution is 2.27. The maximum atomic E-state index is 11.8. The zero-order chi connectivity index (χ0) is 12.3. The van der Waals surface area contributed by atoms with Crippen molar-refractivity contribution in [1.29, 1.82) is 0 Å². The summed E-state index contributed by atoms with van der Waals surface area (Å²) in [5.41, 5.74) is 0. The molecular formula is C13H25N3O. The lowest BCUT2D eigenvalue weighted by Crippen LogP contribution is -2.52. The van der Waals surface area contributed by atoms with Gasteiger partial charge in [0.2, 0.25) is 5.91 Å². The second-order valence-electron chi connectivity index (χ2n) is 5.42. The number of amides is 1. The largest absolute Gasteiger partial charge is 0.355 e. The second-order valence-corrected chi connectivity index (χ2v) is 5.42. The molecule has 0 radical (unpaired) electrons. The van der Waals surface area contributed by atoms with E-state index in [-0.39, 0.29) is 11.9 Å². The maximum absolute atomic E-state index is 11.8. The maximum Gasteiger partial charge on any atom is 0.236 e. The third-order valence-electron chi connectivity index (χ3n) is 4.04. The molecule has 2 aliphatic heterocycles. The van der Waals surface area contributed by atoms with Gasteiger partial charge >= 0.3 is 0 Å². The van der Waals surface area contributed by atoms with Crippen molar-refractivity contribution in [3.63, 3.8) is 0 Å². The third kappa shape index (κ3) is 3.19. The number of nitrogens with one attached hydrogen (secondary N) is 2. The number of piperidine rings is 1. The monoisotopic (exact) mass is 239 g/mol. The van der Waals surface area contributed by atoms with Crippen molar-refractivity contribution in [2.24, 2.45) is 5.92 Å². The molecule has 2 bridgehead atoms. The Bertz CT molecular complexity index is 269. The minimum atomic E-state index is -0.0568. The van der Waals surface area contributed by atoms with Gasteiger partial charge in [0.25, 0.3) is 0 Å². The zero-order valence-electron chi connectivity index (χ0n) is 11.0. The van der Waals surface area contributed by atoms with Crippen LogP contribution in [0.2, 0.25) is 0 Å². The van der Waals surface area contributed by atoms with Crippen molar-refractivity contribution < 1.29 is 4.79 Å². The lowest BCUT2D eigenvalue weighted by atomic mass is 9.93. The lowest BCUT2D eigenvalue weighted by Gasteiger charge is -2.32. The van der Waals surface area contributed by atoms with Gasteiger partial charge in [-0.15, -0.1) is 0 Å². The van der Waals surface area contributed by atoms with Crippen molar-refractivity contribution in [2.75, 3.05) is 26.2 Å². The topological polar surface area (TPSA) is 44.4 Å². The first-order chi connectivity index (χ1) is 8.20. The van der Waals surface area contributed by atoms with Crippen LogP contribution in [-0.2, 0) is 4.79 Å². The molecule has 2 N–H and O–H groups in total. The van der Waals surface area contributed by atoms with E-state index in [9.17, 15) is 4.79 Å². The second kappa shape index (κ2) is 5.83. The van der Waals surface area contributed by atoms with Gasteiger partial charge in [-0.3, -0.25) is 4.79 Å². The fourth-order valence-corrected chi connectivity index (χ4v) is 2.97. The molecule has 17 heavy (non-hydrogen) atoms. The molecule has 4 nitrogen and oxygen atoms in total. The number of carbonyl (C=O) groups is 1. The zero-order valence-corrected chi connectivity index (χ0v) is 11.0. The number of hydrogen-bond donors (Lipinski definition) is 2. The van der Waals surface area contributed by atoms with Crippen LogP contribution in [0.4, 0.5) is 0 Å². The Labute approximate surface area is 104 Å². The third-order valence-corrected chi connectivity index (χ3v) is 4.04. The minimum Gasteiger partial charge on any atom is -0.355 e. The summed E-state index contributed by atoms with van der Waals surface area (Å²) in [7, 11) is 0. The first-order valence-electron chi connectivity index (χ1n) is 6.96. The highest BCUT2D eigenvalue weighted by atomic mass is 16.2. The molecule has 4 unspecified atom stereocenters. The summed E-state index contributed by atoms with van der Waals surface area (Å²) in [4.78, 5) is 14.3. The number of nitrogens with zero attached hydrogens (tertiary/aromatic N) is 1.